The monoisotopic (exact) mass is 470 g/mol. The van der Waals surface area contributed by atoms with Crippen LogP contribution in [0.3, 0.4) is 0 Å². The molecule has 1 amide bonds. The predicted octanol–water partition coefficient (Wildman–Crippen LogP) is 2.37. The van der Waals surface area contributed by atoms with Gasteiger partial charge in [-0.2, -0.15) is 0 Å². The number of rotatable bonds is 6. The van der Waals surface area contributed by atoms with E-state index in [0.717, 1.165) is 16.8 Å². The lowest BCUT2D eigenvalue weighted by Gasteiger charge is -2.32. The average molecular weight is 471 g/mol. The van der Waals surface area contributed by atoms with Gasteiger partial charge in [-0.1, -0.05) is 29.4 Å². The summed E-state index contributed by atoms with van der Waals surface area (Å²) < 4.78 is 1.90. The number of hydrogen-bond acceptors (Lipinski definition) is 7. The van der Waals surface area contributed by atoms with Gasteiger partial charge in [0, 0.05) is 48.0 Å². The normalized spacial score (nSPS) is 14.5. The summed E-state index contributed by atoms with van der Waals surface area (Å²) in [4.78, 5) is 29.5. The fraction of sp³-hybridized carbons (Fsp3) is 0.318. The van der Waals surface area contributed by atoms with Gasteiger partial charge in [-0.05, 0) is 49.6 Å². The number of aromatic nitrogens is 4. The number of pyridine rings is 1. The number of likely N-dealkylation sites (tertiary alicyclic amines) is 1. The molecule has 0 unspecified atom stereocenters. The van der Waals surface area contributed by atoms with Gasteiger partial charge in [0.25, 0.3) is 0 Å². The first-order valence-corrected chi connectivity index (χ1v) is 11.5. The molecule has 1 fully saturated rings. The molecule has 0 spiro atoms. The van der Waals surface area contributed by atoms with Crippen LogP contribution < -0.4 is 5.11 Å². The Bertz CT molecular complexity index is 1130. The van der Waals surface area contributed by atoms with Crippen LogP contribution in [-0.2, 0) is 9.59 Å². The summed E-state index contributed by atoms with van der Waals surface area (Å²) in [5.41, 5.74) is 2.55. The number of halogens is 1. The van der Waals surface area contributed by atoms with Crippen LogP contribution in [0.4, 0.5) is 0 Å². The second-order valence-corrected chi connectivity index (χ2v) is 8.87. The van der Waals surface area contributed by atoms with Crippen molar-refractivity contribution in [2.75, 3.05) is 18.8 Å². The molecule has 1 aliphatic heterocycles. The summed E-state index contributed by atoms with van der Waals surface area (Å²) in [6.07, 6.45) is 4.21. The molecule has 8 nitrogen and oxygen atoms in total. The molecule has 10 heteroatoms. The van der Waals surface area contributed by atoms with Crippen molar-refractivity contribution in [2.45, 2.75) is 24.9 Å². The van der Waals surface area contributed by atoms with Crippen molar-refractivity contribution in [3.63, 3.8) is 0 Å². The molecule has 1 aromatic carbocycles. The molecule has 0 N–H and O–H groups in total. The van der Waals surface area contributed by atoms with Crippen molar-refractivity contribution >= 4 is 35.2 Å². The van der Waals surface area contributed by atoms with Crippen LogP contribution in [0, 0.1) is 12.8 Å². The number of thioether (sulfide) groups is 1. The molecule has 0 bridgehead atoms. The third-order valence-electron chi connectivity index (χ3n) is 5.56. The summed E-state index contributed by atoms with van der Waals surface area (Å²) >= 11 is 7.66. The molecule has 32 heavy (non-hydrogen) atoms. The summed E-state index contributed by atoms with van der Waals surface area (Å²) in [7, 11) is 0. The minimum absolute atomic E-state index is 0.0605. The number of carbonyl (C=O) groups excluding carboxylic acids is 2. The summed E-state index contributed by atoms with van der Waals surface area (Å²) in [6, 6.07) is 9.32. The molecule has 3 aromatic rings. The van der Waals surface area contributed by atoms with E-state index in [2.05, 4.69) is 15.2 Å². The van der Waals surface area contributed by atoms with E-state index in [4.69, 9.17) is 11.6 Å². The highest BCUT2D eigenvalue weighted by atomic mass is 35.5. The Kier molecular flexibility index (Phi) is 6.76. The zero-order chi connectivity index (χ0) is 22.7. The van der Waals surface area contributed by atoms with Gasteiger partial charge in [-0.25, -0.2) is 0 Å². The van der Waals surface area contributed by atoms with Gasteiger partial charge in [0.05, 0.1) is 11.4 Å². The SMILES string of the molecule is Cc1c(Cl)cccc1-n1c(SCC(=O)N2CCC(C(=O)[O-])CC2)nnc1-c1ccncc1. The van der Waals surface area contributed by atoms with Crippen LogP contribution in [0.1, 0.15) is 18.4 Å². The minimum Gasteiger partial charge on any atom is -0.550 e. The number of carboxylic acid groups (broad SMARTS) is 1. The second kappa shape index (κ2) is 9.70. The van der Waals surface area contributed by atoms with E-state index < -0.39 is 11.9 Å². The van der Waals surface area contributed by atoms with Crippen molar-refractivity contribution in [3.8, 4) is 17.1 Å². The van der Waals surface area contributed by atoms with Crippen molar-refractivity contribution < 1.29 is 14.7 Å². The van der Waals surface area contributed by atoms with Crippen LogP contribution in [0.5, 0.6) is 0 Å². The number of piperidine rings is 1. The van der Waals surface area contributed by atoms with Crippen LogP contribution in [0.25, 0.3) is 17.1 Å². The Labute approximate surface area is 194 Å². The van der Waals surface area contributed by atoms with E-state index in [1.165, 1.54) is 11.8 Å². The number of nitrogens with zero attached hydrogens (tertiary/aromatic N) is 5. The van der Waals surface area contributed by atoms with E-state index in [9.17, 15) is 14.7 Å². The maximum absolute atomic E-state index is 12.7. The van der Waals surface area contributed by atoms with Crippen molar-refractivity contribution in [1.82, 2.24) is 24.6 Å². The highest BCUT2D eigenvalue weighted by molar-refractivity contribution is 7.99. The zero-order valence-corrected chi connectivity index (χ0v) is 19.0. The molecule has 0 radical (unpaired) electrons. The Morgan fingerprint density at radius 1 is 1.16 bits per heavy atom. The largest absolute Gasteiger partial charge is 0.550 e. The fourth-order valence-corrected chi connectivity index (χ4v) is 4.71. The third kappa shape index (κ3) is 4.63. The van der Waals surface area contributed by atoms with Crippen LogP contribution in [-0.4, -0.2) is 55.4 Å². The maximum atomic E-state index is 12.7. The molecule has 1 aliphatic rings. The molecular formula is C22H21ClN5O3S-. The van der Waals surface area contributed by atoms with Gasteiger partial charge in [0.1, 0.15) is 0 Å². The summed E-state index contributed by atoms with van der Waals surface area (Å²) in [5.74, 6) is -0.787. The number of amides is 1. The highest BCUT2D eigenvalue weighted by Crippen LogP contribution is 2.31. The third-order valence-corrected chi connectivity index (χ3v) is 6.88. The van der Waals surface area contributed by atoms with Crippen molar-refractivity contribution in [3.05, 3.63) is 53.3 Å². The van der Waals surface area contributed by atoms with Crippen LogP contribution >= 0.6 is 23.4 Å². The standard InChI is InChI=1S/C22H22ClN5O3S/c1-14-17(23)3-2-4-18(14)28-20(15-5-9-24-10-6-15)25-26-22(28)32-13-19(29)27-11-7-16(8-12-27)21(30)31/h2-6,9-10,16H,7-8,11-13H2,1H3,(H,30,31)/p-1. The number of carboxylic acids is 1. The van der Waals surface area contributed by atoms with Crippen molar-refractivity contribution in [1.29, 1.82) is 0 Å². The smallest absolute Gasteiger partial charge is 0.233 e. The fourth-order valence-electron chi connectivity index (χ4n) is 3.69. The molecule has 4 rings (SSSR count). The van der Waals surface area contributed by atoms with E-state index in [1.807, 2.05) is 41.8 Å². The van der Waals surface area contributed by atoms with Gasteiger partial charge in [0.2, 0.25) is 5.91 Å². The lowest BCUT2D eigenvalue weighted by atomic mass is 9.97. The maximum Gasteiger partial charge on any atom is 0.233 e. The molecule has 0 saturated carbocycles. The molecule has 1 saturated heterocycles. The van der Waals surface area contributed by atoms with E-state index in [-0.39, 0.29) is 11.7 Å². The quantitative estimate of drug-likeness (QED) is 0.509. The Morgan fingerprint density at radius 3 is 2.56 bits per heavy atom. The van der Waals surface area contributed by atoms with Crippen LogP contribution in [0.15, 0.2) is 47.9 Å². The Hall–Kier alpha value is -2.91. The number of hydrogen-bond donors (Lipinski definition) is 0. The van der Waals surface area contributed by atoms with E-state index >= 15 is 0 Å². The number of aliphatic carboxylic acids is 1. The highest BCUT2D eigenvalue weighted by Gasteiger charge is 2.25. The molecule has 3 heterocycles. The topological polar surface area (TPSA) is 104 Å². The molecule has 2 aromatic heterocycles. The Morgan fingerprint density at radius 2 is 1.88 bits per heavy atom. The van der Waals surface area contributed by atoms with Gasteiger partial charge in [-0.3, -0.25) is 14.3 Å². The molecular weight excluding hydrogens is 450 g/mol. The van der Waals surface area contributed by atoms with Gasteiger partial charge >= 0.3 is 0 Å². The van der Waals surface area contributed by atoms with Crippen LogP contribution in [0.2, 0.25) is 5.02 Å². The first-order chi connectivity index (χ1) is 15.5. The van der Waals surface area contributed by atoms with Gasteiger partial charge in [-0.15, -0.1) is 10.2 Å². The lowest BCUT2D eigenvalue weighted by Crippen LogP contribution is -2.44. The summed E-state index contributed by atoms with van der Waals surface area (Å²) in [5, 5.41) is 21.0. The van der Waals surface area contributed by atoms with Crippen molar-refractivity contribution in [2.24, 2.45) is 5.92 Å². The van der Waals surface area contributed by atoms with Gasteiger partial charge < -0.3 is 14.8 Å². The molecule has 0 atom stereocenters. The first-order valence-electron chi connectivity index (χ1n) is 10.2. The second-order valence-electron chi connectivity index (χ2n) is 7.52. The predicted molar refractivity (Wildman–Crippen MR) is 119 cm³/mol. The lowest BCUT2D eigenvalue weighted by molar-refractivity contribution is -0.312. The molecule has 0 aliphatic carbocycles. The average Bonchev–Trinajstić information content (AvgIpc) is 3.23. The van der Waals surface area contributed by atoms with Gasteiger partial charge in [0.15, 0.2) is 11.0 Å². The number of benzene rings is 1. The number of carbonyl (C=O) groups is 2. The minimum atomic E-state index is -1.04. The van der Waals surface area contributed by atoms with E-state index in [0.29, 0.717) is 41.9 Å². The first kappa shape index (κ1) is 22.3. The Balaban J connectivity index is 1.58. The van der Waals surface area contributed by atoms with E-state index in [1.54, 1.807) is 17.3 Å². The molecule has 166 valence electrons. The summed E-state index contributed by atoms with van der Waals surface area (Å²) in [6.45, 7) is 2.76. The zero-order valence-electron chi connectivity index (χ0n) is 17.4.